The van der Waals surface area contributed by atoms with Crippen molar-refractivity contribution in [3.63, 3.8) is 0 Å². The Hall–Kier alpha value is -1.82. The highest BCUT2D eigenvalue weighted by molar-refractivity contribution is 5.91. The van der Waals surface area contributed by atoms with Gasteiger partial charge in [0.2, 0.25) is 0 Å². The van der Waals surface area contributed by atoms with Gasteiger partial charge < -0.3 is 4.74 Å². The van der Waals surface area contributed by atoms with Crippen LogP contribution in [-0.2, 0) is 11.2 Å². The molecule has 0 bridgehead atoms. The van der Waals surface area contributed by atoms with Gasteiger partial charge in [-0.25, -0.2) is 4.79 Å². The molecule has 3 nitrogen and oxygen atoms in total. The van der Waals surface area contributed by atoms with E-state index in [0.29, 0.717) is 12.2 Å². The molecule has 0 N–H and O–H groups in total. The van der Waals surface area contributed by atoms with Gasteiger partial charge >= 0.3 is 5.97 Å². The first-order valence-electron chi connectivity index (χ1n) is 5.41. The maximum atomic E-state index is 11.7. The molecular formula is C13H15NO2. The van der Waals surface area contributed by atoms with Crippen LogP contribution in [0.4, 0.5) is 0 Å². The molecule has 0 heterocycles. The lowest BCUT2D eigenvalue weighted by Crippen LogP contribution is -2.09. The first-order chi connectivity index (χ1) is 7.79. The van der Waals surface area contributed by atoms with Gasteiger partial charge in [-0.05, 0) is 18.1 Å². The highest BCUT2D eigenvalue weighted by atomic mass is 16.5. The Labute approximate surface area is 95.7 Å². The quantitative estimate of drug-likeness (QED) is 0.562. The number of unbranched alkanes of at least 4 members (excludes halogenated alkanes) is 1. The SMILES string of the molecule is CCCCOC(=O)c1ccccc1CC#N. The maximum Gasteiger partial charge on any atom is 0.338 e. The van der Waals surface area contributed by atoms with Gasteiger partial charge in [0.1, 0.15) is 0 Å². The third-order valence-electron chi connectivity index (χ3n) is 2.24. The van der Waals surface area contributed by atoms with Crippen LogP contribution in [0.25, 0.3) is 0 Å². The van der Waals surface area contributed by atoms with E-state index in [4.69, 9.17) is 10.00 Å². The monoisotopic (exact) mass is 217 g/mol. The molecule has 1 aromatic rings. The van der Waals surface area contributed by atoms with E-state index in [1.54, 1.807) is 18.2 Å². The molecule has 0 saturated carbocycles. The predicted molar refractivity (Wildman–Crippen MR) is 60.9 cm³/mol. The van der Waals surface area contributed by atoms with E-state index >= 15 is 0 Å². The normalized spacial score (nSPS) is 9.50. The minimum atomic E-state index is -0.334. The molecule has 0 spiro atoms. The van der Waals surface area contributed by atoms with Gasteiger partial charge in [-0.15, -0.1) is 0 Å². The molecule has 0 aliphatic carbocycles. The summed E-state index contributed by atoms with van der Waals surface area (Å²) in [6.45, 7) is 2.48. The Morgan fingerprint density at radius 3 is 2.88 bits per heavy atom. The van der Waals surface area contributed by atoms with Crippen LogP contribution in [0.5, 0.6) is 0 Å². The van der Waals surface area contributed by atoms with Crippen LogP contribution in [0.15, 0.2) is 24.3 Å². The largest absolute Gasteiger partial charge is 0.462 e. The number of ether oxygens (including phenoxy) is 1. The number of rotatable bonds is 5. The molecule has 0 amide bonds. The molecule has 3 heteroatoms. The summed E-state index contributed by atoms with van der Waals surface area (Å²) in [6, 6.07) is 9.10. The Morgan fingerprint density at radius 1 is 1.44 bits per heavy atom. The molecule has 0 unspecified atom stereocenters. The summed E-state index contributed by atoms with van der Waals surface area (Å²) in [7, 11) is 0. The second-order valence-electron chi connectivity index (χ2n) is 3.48. The zero-order valence-electron chi connectivity index (χ0n) is 9.40. The van der Waals surface area contributed by atoms with Crippen LogP contribution in [0, 0.1) is 11.3 Å². The van der Waals surface area contributed by atoms with Crippen molar-refractivity contribution in [2.45, 2.75) is 26.2 Å². The molecule has 1 rings (SSSR count). The average Bonchev–Trinajstić information content (AvgIpc) is 2.30. The van der Waals surface area contributed by atoms with Gasteiger partial charge in [-0.1, -0.05) is 31.5 Å². The van der Waals surface area contributed by atoms with Crippen molar-refractivity contribution >= 4 is 5.97 Å². The summed E-state index contributed by atoms with van der Waals surface area (Å²) in [5, 5.41) is 8.64. The van der Waals surface area contributed by atoms with Gasteiger partial charge in [0.25, 0.3) is 0 Å². The highest BCUT2D eigenvalue weighted by Crippen LogP contribution is 2.11. The minimum Gasteiger partial charge on any atom is -0.462 e. The molecule has 0 aliphatic rings. The smallest absolute Gasteiger partial charge is 0.338 e. The van der Waals surface area contributed by atoms with Crippen molar-refractivity contribution < 1.29 is 9.53 Å². The topological polar surface area (TPSA) is 50.1 Å². The maximum absolute atomic E-state index is 11.7. The lowest BCUT2D eigenvalue weighted by Gasteiger charge is -2.06. The Kier molecular flexibility index (Phi) is 5.07. The number of hydrogen-bond acceptors (Lipinski definition) is 3. The van der Waals surface area contributed by atoms with Crippen LogP contribution >= 0.6 is 0 Å². The number of carbonyl (C=O) groups is 1. The van der Waals surface area contributed by atoms with Crippen LogP contribution < -0.4 is 0 Å². The fraction of sp³-hybridized carbons (Fsp3) is 0.385. The third-order valence-corrected chi connectivity index (χ3v) is 2.24. The van der Waals surface area contributed by atoms with Crippen molar-refractivity contribution in [1.82, 2.24) is 0 Å². The van der Waals surface area contributed by atoms with Crippen molar-refractivity contribution in [3.8, 4) is 6.07 Å². The van der Waals surface area contributed by atoms with E-state index in [0.717, 1.165) is 18.4 Å². The van der Waals surface area contributed by atoms with Gasteiger partial charge in [0.15, 0.2) is 0 Å². The molecule has 0 atom stereocenters. The summed E-state index contributed by atoms with van der Waals surface area (Å²) in [4.78, 5) is 11.7. The Bertz CT molecular complexity index is 393. The molecule has 0 aliphatic heterocycles. The molecule has 0 radical (unpaired) electrons. The van der Waals surface area contributed by atoms with E-state index in [-0.39, 0.29) is 12.4 Å². The Balaban J connectivity index is 2.71. The average molecular weight is 217 g/mol. The summed E-state index contributed by atoms with van der Waals surface area (Å²) in [5.74, 6) is -0.334. The zero-order valence-corrected chi connectivity index (χ0v) is 9.40. The van der Waals surface area contributed by atoms with E-state index in [1.807, 2.05) is 19.1 Å². The molecule has 16 heavy (non-hydrogen) atoms. The van der Waals surface area contributed by atoms with Gasteiger partial charge in [-0.2, -0.15) is 5.26 Å². The first-order valence-corrected chi connectivity index (χ1v) is 5.41. The van der Waals surface area contributed by atoms with E-state index in [1.165, 1.54) is 0 Å². The predicted octanol–water partition coefficient (Wildman–Crippen LogP) is 2.71. The molecule has 1 aromatic carbocycles. The lowest BCUT2D eigenvalue weighted by molar-refractivity contribution is 0.0498. The van der Waals surface area contributed by atoms with Crippen LogP contribution in [0.2, 0.25) is 0 Å². The number of carbonyl (C=O) groups excluding carboxylic acids is 1. The third kappa shape index (κ3) is 3.39. The molecule has 0 saturated heterocycles. The van der Waals surface area contributed by atoms with E-state index in [9.17, 15) is 4.79 Å². The number of benzene rings is 1. The molecular weight excluding hydrogens is 202 g/mol. The summed E-state index contributed by atoms with van der Waals surface area (Å²) in [6.07, 6.45) is 2.10. The van der Waals surface area contributed by atoms with Gasteiger partial charge in [0.05, 0.1) is 24.7 Å². The van der Waals surface area contributed by atoms with Gasteiger partial charge in [0, 0.05) is 0 Å². The summed E-state index contributed by atoms with van der Waals surface area (Å²) < 4.78 is 5.11. The van der Waals surface area contributed by atoms with Gasteiger partial charge in [-0.3, -0.25) is 0 Å². The zero-order chi connectivity index (χ0) is 11.8. The van der Waals surface area contributed by atoms with E-state index < -0.39 is 0 Å². The van der Waals surface area contributed by atoms with E-state index in [2.05, 4.69) is 0 Å². The second-order valence-corrected chi connectivity index (χ2v) is 3.48. The fourth-order valence-corrected chi connectivity index (χ4v) is 1.35. The summed E-state index contributed by atoms with van der Waals surface area (Å²) in [5.41, 5.74) is 1.23. The lowest BCUT2D eigenvalue weighted by atomic mass is 10.1. The number of hydrogen-bond donors (Lipinski definition) is 0. The first kappa shape index (κ1) is 12.3. The molecule has 0 aromatic heterocycles. The minimum absolute atomic E-state index is 0.235. The standard InChI is InChI=1S/C13H15NO2/c1-2-3-10-16-13(15)12-7-5-4-6-11(12)8-9-14/h4-7H,2-3,8,10H2,1H3. The van der Waals surface area contributed by atoms with Crippen molar-refractivity contribution in [1.29, 1.82) is 5.26 Å². The number of nitriles is 1. The Morgan fingerprint density at radius 2 is 2.19 bits per heavy atom. The number of esters is 1. The van der Waals surface area contributed by atoms with Crippen LogP contribution in [0.3, 0.4) is 0 Å². The van der Waals surface area contributed by atoms with Crippen molar-refractivity contribution in [2.24, 2.45) is 0 Å². The summed E-state index contributed by atoms with van der Waals surface area (Å²) >= 11 is 0. The fourth-order valence-electron chi connectivity index (χ4n) is 1.35. The molecule has 0 fully saturated rings. The number of nitrogens with zero attached hydrogens (tertiary/aromatic N) is 1. The van der Waals surface area contributed by atoms with Crippen molar-refractivity contribution in [3.05, 3.63) is 35.4 Å². The highest BCUT2D eigenvalue weighted by Gasteiger charge is 2.11. The second kappa shape index (κ2) is 6.62. The van der Waals surface area contributed by atoms with Crippen LogP contribution in [0.1, 0.15) is 35.7 Å². The van der Waals surface area contributed by atoms with Crippen molar-refractivity contribution in [2.75, 3.05) is 6.61 Å². The molecule has 84 valence electrons. The van der Waals surface area contributed by atoms with Crippen LogP contribution in [-0.4, -0.2) is 12.6 Å².